The van der Waals surface area contributed by atoms with Gasteiger partial charge in [-0.05, 0) is 41.5 Å². The molecule has 1 unspecified atom stereocenters. The molecule has 1 atom stereocenters. The smallest absolute Gasteiger partial charge is 0.408 e. The molecule has 0 saturated carbocycles. The summed E-state index contributed by atoms with van der Waals surface area (Å²) in [5.74, 6) is -1.36. The minimum absolute atomic E-state index is 0.330. The van der Waals surface area contributed by atoms with Crippen LogP contribution in [0.25, 0.3) is 0 Å². The van der Waals surface area contributed by atoms with Gasteiger partial charge in [0.2, 0.25) is 0 Å². The molecule has 0 aromatic carbocycles. The van der Waals surface area contributed by atoms with Gasteiger partial charge in [-0.3, -0.25) is 4.79 Å². The van der Waals surface area contributed by atoms with Gasteiger partial charge in [-0.15, -0.1) is 0 Å². The standard InChI is InChI=1S/C14H25NO6/c1-13(2,3)20-10(16)8-9(11(17)19-7)15-12(18)21-14(4,5)6/h9H,8H2,1-7H3,(H,15,18). The lowest BCUT2D eigenvalue weighted by Gasteiger charge is -2.24. The molecule has 0 aromatic rings. The molecule has 1 N–H and O–H groups in total. The molecule has 0 radical (unpaired) electrons. The third-order valence-electron chi connectivity index (χ3n) is 1.97. The molecule has 0 rings (SSSR count). The summed E-state index contributed by atoms with van der Waals surface area (Å²) in [6, 6.07) is -1.15. The molecule has 7 heteroatoms. The van der Waals surface area contributed by atoms with E-state index in [4.69, 9.17) is 9.47 Å². The molecular formula is C14H25NO6. The Balaban J connectivity index is 4.72. The predicted molar refractivity (Wildman–Crippen MR) is 75.6 cm³/mol. The van der Waals surface area contributed by atoms with E-state index in [0.717, 1.165) is 0 Å². The molecular weight excluding hydrogens is 278 g/mol. The first-order valence-electron chi connectivity index (χ1n) is 6.63. The van der Waals surface area contributed by atoms with E-state index in [9.17, 15) is 14.4 Å². The number of rotatable bonds is 4. The average Bonchev–Trinajstić information content (AvgIpc) is 2.21. The van der Waals surface area contributed by atoms with Gasteiger partial charge in [-0.1, -0.05) is 0 Å². The molecule has 0 heterocycles. The van der Waals surface area contributed by atoms with Crippen LogP contribution in [0.4, 0.5) is 4.79 Å². The summed E-state index contributed by atoms with van der Waals surface area (Å²) < 4.78 is 14.7. The number of nitrogens with one attached hydrogen (secondary N) is 1. The van der Waals surface area contributed by atoms with Gasteiger partial charge in [-0.2, -0.15) is 0 Å². The number of amides is 1. The van der Waals surface area contributed by atoms with Crippen LogP contribution in [0.5, 0.6) is 0 Å². The quantitative estimate of drug-likeness (QED) is 0.629. The third kappa shape index (κ3) is 9.70. The molecule has 7 nitrogen and oxygen atoms in total. The highest BCUT2D eigenvalue weighted by atomic mass is 16.6. The fourth-order valence-corrected chi connectivity index (χ4v) is 1.34. The number of methoxy groups -OCH3 is 1. The topological polar surface area (TPSA) is 90.9 Å². The summed E-state index contributed by atoms with van der Waals surface area (Å²) in [6.07, 6.45) is -1.13. The van der Waals surface area contributed by atoms with Crippen molar-refractivity contribution in [1.29, 1.82) is 0 Å². The van der Waals surface area contributed by atoms with Crippen LogP contribution in [-0.2, 0) is 23.8 Å². The summed E-state index contributed by atoms with van der Waals surface area (Å²) in [6.45, 7) is 10.2. The van der Waals surface area contributed by atoms with Crippen LogP contribution in [0.1, 0.15) is 48.0 Å². The van der Waals surface area contributed by atoms with Gasteiger partial charge < -0.3 is 19.5 Å². The minimum Gasteiger partial charge on any atom is -0.467 e. The van der Waals surface area contributed by atoms with Gasteiger partial charge in [0.05, 0.1) is 13.5 Å². The first-order valence-corrected chi connectivity index (χ1v) is 6.63. The Morgan fingerprint density at radius 2 is 1.43 bits per heavy atom. The normalized spacial score (nSPS) is 13.1. The number of hydrogen-bond acceptors (Lipinski definition) is 6. The lowest BCUT2D eigenvalue weighted by Crippen LogP contribution is -2.45. The van der Waals surface area contributed by atoms with E-state index >= 15 is 0 Å². The van der Waals surface area contributed by atoms with Crippen LogP contribution >= 0.6 is 0 Å². The zero-order valence-electron chi connectivity index (χ0n) is 13.7. The molecule has 122 valence electrons. The van der Waals surface area contributed by atoms with Crippen LogP contribution in [0.15, 0.2) is 0 Å². The van der Waals surface area contributed by atoms with Crippen molar-refractivity contribution in [3.63, 3.8) is 0 Å². The lowest BCUT2D eigenvalue weighted by atomic mass is 10.1. The summed E-state index contributed by atoms with van der Waals surface area (Å²) in [5.41, 5.74) is -1.39. The first-order chi connectivity index (χ1) is 9.34. The molecule has 0 aliphatic heterocycles. The number of carbonyl (C=O) groups excluding carboxylic acids is 3. The van der Waals surface area contributed by atoms with E-state index in [1.54, 1.807) is 41.5 Å². The monoisotopic (exact) mass is 303 g/mol. The van der Waals surface area contributed by atoms with E-state index in [2.05, 4.69) is 10.1 Å². The number of ether oxygens (including phenoxy) is 3. The Bertz CT molecular complexity index is 361. The molecule has 0 aromatic heterocycles. The lowest BCUT2D eigenvalue weighted by molar-refractivity contribution is -0.158. The van der Waals surface area contributed by atoms with Gasteiger partial charge in [0.25, 0.3) is 0 Å². The number of carbonyl (C=O) groups is 3. The van der Waals surface area contributed by atoms with Gasteiger partial charge in [-0.25, -0.2) is 9.59 Å². The van der Waals surface area contributed by atoms with Crippen molar-refractivity contribution in [2.45, 2.75) is 65.2 Å². The van der Waals surface area contributed by atoms with Gasteiger partial charge in [0, 0.05) is 0 Å². The predicted octanol–water partition coefficient (Wildman–Crippen LogP) is 1.78. The molecule has 21 heavy (non-hydrogen) atoms. The Morgan fingerprint density at radius 3 is 1.81 bits per heavy atom. The zero-order chi connectivity index (χ0) is 16.8. The largest absolute Gasteiger partial charge is 0.467 e. The van der Waals surface area contributed by atoms with E-state index in [0.29, 0.717) is 0 Å². The SMILES string of the molecule is COC(=O)C(CC(=O)OC(C)(C)C)NC(=O)OC(C)(C)C. The molecule has 0 spiro atoms. The molecule has 0 aliphatic carbocycles. The summed E-state index contributed by atoms with van der Waals surface area (Å²) in [4.78, 5) is 35.0. The summed E-state index contributed by atoms with van der Waals surface area (Å²) in [7, 11) is 1.17. The van der Waals surface area contributed by atoms with Crippen molar-refractivity contribution < 1.29 is 28.6 Å². The fraction of sp³-hybridized carbons (Fsp3) is 0.786. The average molecular weight is 303 g/mol. The molecule has 0 fully saturated rings. The summed E-state index contributed by atoms with van der Waals surface area (Å²) in [5, 5.41) is 2.30. The van der Waals surface area contributed by atoms with Gasteiger partial charge in [0.15, 0.2) is 0 Å². The van der Waals surface area contributed by atoms with Crippen LogP contribution in [0.3, 0.4) is 0 Å². The minimum atomic E-state index is -1.15. The van der Waals surface area contributed by atoms with Crippen LogP contribution in [0.2, 0.25) is 0 Å². The Labute approximate surface area is 125 Å². The zero-order valence-corrected chi connectivity index (χ0v) is 13.7. The fourth-order valence-electron chi connectivity index (χ4n) is 1.34. The maximum atomic E-state index is 11.7. The third-order valence-corrected chi connectivity index (χ3v) is 1.97. The van der Waals surface area contributed by atoms with Crippen molar-refractivity contribution in [3.8, 4) is 0 Å². The van der Waals surface area contributed by atoms with E-state index in [-0.39, 0.29) is 6.42 Å². The second-order valence-corrected chi connectivity index (χ2v) is 6.51. The summed E-state index contributed by atoms with van der Waals surface area (Å²) >= 11 is 0. The molecule has 0 aliphatic rings. The van der Waals surface area contributed by atoms with Crippen molar-refractivity contribution >= 4 is 18.0 Å². The van der Waals surface area contributed by atoms with Gasteiger partial charge in [0.1, 0.15) is 17.2 Å². The number of alkyl carbamates (subject to hydrolysis) is 1. The van der Waals surface area contributed by atoms with Crippen molar-refractivity contribution in [3.05, 3.63) is 0 Å². The highest BCUT2D eigenvalue weighted by Crippen LogP contribution is 2.11. The maximum absolute atomic E-state index is 11.7. The Morgan fingerprint density at radius 1 is 0.952 bits per heavy atom. The molecule has 0 bridgehead atoms. The van der Waals surface area contributed by atoms with Crippen LogP contribution in [-0.4, -0.2) is 42.4 Å². The van der Waals surface area contributed by atoms with Crippen molar-refractivity contribution in [2.75, 3.05) is 7.11 Å². The van der Waals surface area contributed by atoms with E-state index in [1.807, 2.05) is 0 Å². The first kappa shape index (κ1) is 19.2. The molecule has 1 amide bonds. The van der Waals surface area contributed by atoms with E-state index in [1.165, 1.54) is 7.11 Å². The number of esters is 2. The van der Waals surface area contributed by atoms with Crippen molar-refractivity contribution in [2.24, 2.45) is 0 Å². The highest BCUT2D eigenvalue weighted by molar-refractivity contribution is 5.86. The van der Waals surface area contributed by atoms with Crippen molar-refractivity contribution in [1.82, 2.24) is 5.32 Å². The maximum Gasteiger partial charge on any atom is 0.408 e. The van der Waals surface area contributed by atoms with E-state index < -0.39 is 35.3 Å². The Hall–Kier alpha value is -1.79. The molecule has 0 saturated heterocycles. The van der Waals surface area contributed by atoms with Crippen LogP contribution < -0.4 is 5.32 Å². The Kier molecular flexibility index (Phi) is 6.66. The second kappa shape index (κ2) is 7.28. The van der Waals surface area contributed by atoms with Gasteiger partial charge >= 0.3 is 18.0 Å². The number of hydrogen-bond donors (Lipinski definition) is 1. The van der Waals surface area contributed by atoms with Crippen LogP contribution in [0, 0.1) is 0 Å². The second-order valence-electron chi connectivity index (χ2n) is 6.51. The highest BCUT2D eigenvalue weighted by Gasteiger charge is 2.29.